The highest BCUT2D eigenvalue weighted by Crippen LogP contribution is 2.53. The third kappa shape index (κ3) is 2.20. The lowest BCUT2D eigenvalue weighted by molar-refractivity contribution is -0.117. The Labute approximate surface area is 104 Å². The van der Waals surface area contributed by atoms with Gasteiger partial charge < -0.3 is 5.11 Å². The highest BCUT2D eigenvalue weighted by atomic mass is 16.3. The van der Waals surface area contributed by atoms with Crippen LogP contribution >= 0.6 is 0 Å². The molecule has 0 aliphatic heterocycles. The number of aliphatic hydroxyl groups is 1. The summed E-state index contributed by atoms with van der Waals surface area (Å²) in [6, 6.07) is 0. The number of rotatable bonds is 1. The molecule has 17 heavy (non-hydrogen) atoms. The molecule has 0 aromatic carbocycles. The quantitative estimate of drug-likeness (QED) is 0.759. The van der Waals surface area contributed by atoms with Gasteiger partial charge in [-0.15, -0.1) is 0 Å². The van der Waals surface area contributed by atoms with E-state index in [-0.39, 0.29) is 11.2 Å². The summed E-state index contributed by atoms with van der Waals surface area (Å²) in [5, 5.41) is 10.2. The van der Waals surface area contributed by atoms with Gasteiger partial charge >= 0.3 is 0 Å². The Balaban J connectivity index is 2.28. The fourth-order valence-corrected chi connectivity index (χ4v) is 3.50. The SMILES string of the molecule is C[C@H]1CC(=O)C=C2CC[C@H](C(C)(C)O)C[C@@]21C. The van der Waals surface area contributed by atoms with E-state index in [9.17, 15) is 9.90 Å². The van der Waals surface area contributed by atoms with Crippen molar-refractivity contribution in [3.8, 4) is 0 Å². The molecule has 2 heteroatoms. The Bertz CT molecular complexity index is 362. The molecule has 0 heterocycles. The summed E-state index contributed by atoms with van der Waals surface area (Å²) in [6.07, 6.45) is 5.53. The first-order chi connectivity index (χ1) is 7.73. The molecule has 0 aromatic rings. The zero-order valence-corrected chi connectivity index (χ0v) is 11.4. The number of hydrogen-bond acceptors (Lipinski definition) is 2. The van der Waals surface area contributed by atoms with Crippen LogP contribution in [0, 0.1) is 17.3 Å². The summed E-state index contributed by atoms with van der Waals surface area (Å²) in [4.78, 5) is 11.6. The summed E-state index contributed by atoms with van der Waals surface area (Å²) >= 11 is 0. The molecule has 0 saturated heterocycles. The third-order valence-corrected chi connectivity index (χ3v) is 5.10. The molecule has 2 rings (SSSR count). The Morgan fingerprint density at radius 2 is 2.12 bits per heavy atom. The summed E-state index contributed by atoms with van der Waals surface area (Å²) in [5.41, 5.74) is 0.841. The van der Waals surface area contributed by atoms with Crippen LogP contribution in [0.25, 0.3) is 0 Å². The van der Waals surface area contributed by atoms with E-state index in [1.54, 1.807) is 0 Å². The lowest BCUT2D eigenvalue weighted by Gasteiger charge is -2.49. The van der Waals surface area contributed by atoms with E-state index in [4.69, 9.17) is 0 Å². The average Bonchev–Trinajstić information content (AvgIpc) is 2.18. The number of allylic oxidation sites excluding steroid dienone is 2. The van der Waals surface area contributed by atoms with Crippen LogP contribution in [0.4, 0.5) is 0 Å². The molecule has 2 nitrogen and oxygen atoms in total. The molecule has 0 spiro atoms. The minimum absolute atomic E-state index is 0.122. The molecule has 96 valence electrons. The molecule has 2 aliphatic carbocycles. The standard InChI is InChI=1S/C15H24O2/c1-10-7-13(16)8-11-5-6-12(14(2,3)17)9-15(10,11)4/h8,10,12,17H,5-7,9H2,1-4H3/t10-,12-,15+/m0/s1. The lowest BCUT2D eigenvalue weighted by atomic mass is 9.56. The van der Waals surface area contributed by atoms with Crippen LogP contribution in [0.1, 0.15) is 53.4 Å². The van der Waals surface area contributed by atoms with Crippen LogP contribution in [0.3, 0.4) is 0 Å². The summed E-state index contributed by atoms with van der Waals surface area (Å²) in [6.45, 7) is 8.27. The summed E-state index contributed by atoms with van der Waals surface area (Å²) in [7, 11) is 0. The van der Waals surface area contributed by atoms with E-state index in [2.05, 4.69) is 13.8 Å². The molecule has 2 aliphatic rings. The maximum atomic E-state index is 11.6. The van der Waals surface area contributed by atoms with E-state index in [0.29, 0.717) is 18.3 Å². The van der Waals surface area contributed by atoms with E-state index < -0.39 is 5.60 Å². The first kappa shape index (κ1) is 12.8. The number of carbonyl (C=O) groups excluding carboxylic acids is 1. The minimum atomic E-state index is -0.601. The predicted octanol–water partition coefficient (Wildman–Crippen LogP) is 3.10. The largest absolute Gasteiger partial charge is 0.390 e. The van der Waals surface area contributed by atoms with Crippen molar-refractivity contribution in [2.45, 2.75) is 59.0 Å². The highest BCUT2D eigenvalue weighted by molar-refractivity contribution is 5.92. The van der Waals surface area contributed by atoms with Crippen molar-refractivity contribution in [3.05, 3.63) is 11.6 Å². The number of ketones is 1. The molecular formula is C15H24O2. The van der Waals surface area contributed by atoms with Crippen molar-refractivity contribution < 1.29 is 9.90 Å². The van der Waals surface area contributed by atoms with Gasteiger partial charge in [-0.2, -0.15) is 0 Å². The van der Waals surface area contributed by atoms with Gasteiger partial charge in [0.2, 0.25) is 0 Å². The predicted molar refractivity (Wildman–Crippen MR) is 68.6 cm³/mol. The van der Waals surface area contributed by atoms with E-state index in [0.717, 1.165) is 19.3 Å². The first-order valence-corrected chi connectivity index (χ1v) is 6.70. The fraction of sp³-hybridized carbons (Fsp3) is 0.800. The van der Waals surface area contributed by atoms with E-state index in [1.165, 1.54) is 5.57 Å². The van der Waals surface area contributed by atoms with Gasteiger partial charge in [0, 0.05) is 6.42 Å². The van der Waals surface area contributed by atoms with Crippen molar-refractivity contribution in [1.29, 1.82) is 0 Å². The number of carbonyl (C=O) groups is 1. The average molecular weight is 236 g/mol. The molecule has 1 N–H and O–H groups in total. The van der Waals surface area contributed by atoms with Crippen molar-refractivity contribution in [2.24, 2.45) is 17.3 Å². The Hall–Kier alpha value is -0.630. The molecular weight excluding hydrogens is 212 g/mol. The zero-order valence-electron chi connectivity index (χ0n) is 11.4. The Kier molecular flexibility index (Phi) is 2.97. The van der Waals surface area contributed by atoms with Gasteiger partial charge in [-0.1, -0.05) is 19.4 Å². The van der Waals surface area contributed by atoms with Crippen molar-refractivity contribution in [3.63, 3.8) is 0 Å². The summed E-state index contributed by atoms with van der Waals surface area (Å²) in [5.74, 6) is 1.03. The van der Waals surface area contributed by atoms with Gasteiger partial charge in [0.15, 0.2) is 5.78 Å². The second kappa shape index (κ2) is 3.94. The monoisotopic (exact) mass is 236 g/mol. The summed E-state index contributed by atoms with van der Waals surface area (Å²) < 4.78 is 0. The lowest BCUT2D eigenvalue weighted by Crippen LogP contribution is -2.44. The van der Waals surface area contributed by atoms with Crippen LogP contribution in [-0.4, -0.2) is 16.5 Å². The van der Waals surface area contributed by atoms with Crippen LogP contribution < -0.4 is 0 Å². The Morgan fingerprint density at radius 3 is 2.71 bits per heavy atom. The number of fused-ring (bicyclic) bond motifs is 1. The topological polar surface area (TPSA) is 37.3 Å². The highest BCUT2D eigenvalue weighted by Gasteiger charge is 2.46. The molecule has 1 fully saturated rings. The van der Waals surface area contributed by atoms with Gasteiger partial charge in [0.05, 0.1) is 5.60 Å². The molecule has 0 aromatic heterocycles. The molecule has 1 saturated carbocycles. The van der Waals surface area contributed by atoms with Gasteiger partial charge in [0.1, 0.15) is 0 Å². The van der Waals surface area contributed by atoms with Crippen LogP contribution in [0.5, 0.6) is 0 Å². The van der Waals surface area contributed by atoms with Gasteiger partial charge in [-0.25, -0.2) is 0 Å². The zero-order chi connectivity index (χ0) is 12.8. The van der Waals surface area contributed by atoms with Crippen molar-refractivity contribution in [1.82, 2.24) is 0 Å². The van der Waals surface area contributed by atoms with E-state index in [1.807, 2.05) is 19.9 Å². The fourth-order valence-electron chi connectivity index (χ4n) is 3.50. The van der Waals surface area contributed by atoms with Crippen molar-refractivity contribution in [2.75, 3.05) is 0 Å². The van der Waals surface area contributed by atoms with E-state index >= 15 is 0 Å². The second-order valence-electron chi connectivity index (χ2n) is 6.75. The molecule has 0 radical (unpaired) electrons. The van der Waals surface area contributed by atoms with Crippen LogP contribution in [0.2, 0.25) is 0 Å². The van der Waals surface area contributed by atoms with Crippen LogP contribution in [0.15, 0.2) is 11.6 Å². The van der Waals surface area contributed by atoms with Gasteiger partial charge in [-0.3, -0.25) is 4.79 Å². The van der Waals surface area contributed by atoms with Gasteiger partial charge in [0.25, 0.3) is 0 Å². The molecule has 0 amide bonds. The normalized spacial score (nSPS) is 38.6. The van der Waals surface area contributed by atoms with Crippen LogP contribution in [-0.2, 0) is 4.79 Å². The smallest absolute Gasteiger partial charge is 0.155 e. The minimum Gasteiger partial charge on any atom is -0.390 e. The molecule has 3 atom stereocenters. The number of hydrogen-bond donors (Lipinski definition) is 1. The van der Waals surface area contributed by atoms with Gasteiger partial charge in [-0.05, 0) is 56.4 Å². The Morgan fingerprint density at radius 1 is 1.47 bits per heavy atom. The second-order valence-corrected chi connectivity index (χ2v) is 6.75. The maximum absolute atomic E-state index is 11.6. The third-order valence-electron chi connectivity index (χ3n) is 5.10. The van der Waals surface area contributed by atoms with Crippen molar-refractivity contribution >= 4 is 5.78 Å². The maximum Gasteiger partial charge on any atom is 0.155 e. The molecule has 0 unspecified atom stereocenters. The molecule has 0 bridgehead atoms. The first-order valence-electron chi connectivity index (χ1n) is 6.70.